The Hall–Kier alpha value is -2.72. The first kappa shape index (κ1) is 25.5. The third-order valence-electron chi connectivity index (χ3n) is 5.06. The van der Waals surface area contributed by atoms with Gasteiger partial charge in [0, 0.05) is 26.1 Å². The molecule has 0 spiro atoms. The molecular weight excluding hydrogens is 432 g/mol. The first-order valence-electron chi connectivity index (χ1n) is 10.3. The Morgan fingerprint density at radius 3 is 2.78 bits per heavy atom. The molecule has 7 heteroatoms. The van der Waals surface area contributed by atoms with E-state index in [0.29, 0.717) is 23.8 Å². The van der Waals surface area contributed by atoms with Crippen LogP contribution >= 0.6 is 11.6 Å². The molecule has 0 aliphatic heterocycles. The van der Waals surface area contributed by atoms with Crippen molar-refractivity contribution < 1.29 is 28.8 Å². The molecule has 0 fully saturated rings. The molecule has 6 nitrogen and oxygen atoms in total. The lowest BCUT2D eigenvalue weighted by molar-refractivity contribution is -0.151. The third kappa shape index (κ3) is 6.89. The number of ether oxygens (including phenoxy) is 4. The zero-order valence-electron chi connectivity index (χ0n) is 18.8. The summed E-state index contributed by atoms with van der Waals surface area (Å²) in [6.45, 7) is 4.15. The van der Waals surface area contributed by atoms with E-state index in [4.69, 9.17) is 30.5 Å². The van der Waals surface area contributed by atoms with E-state index < -0.39 is 17.7 Å². The highest BCUT2D eigenvalue weighted by Gasteiger charge is 2.28. The zero-order valence-corrected chi connectivity index (χ0v) is 19.5. The summed E-state index contributed by atoms with van der Waals surface area (Å²) >= 11 is 6.33. The van der Waals surface area contributed by atoms with Crippen molar-refractivity contribution in [2.24, 2.45) is 0 Å². The number of carbonyl (C=O) groups is 1. The van der Waals surface area contributed by atoms with Crippen LogP contribution in [-0.2, 0) is 19.0 Å². The smallest absolute Gasteiger partial charge is 0.333 e. The number of methoxy groups -OCH3 is 2. The molecule has 2 unspecified atom stereocenters. The van der Waals surface area contributed by atoms with Crippen molar-refractivity contribution in [2.75, 3.05) is 27.4 Å². The van der Waals surface area contributed by atoms with Gasteiger partial charge in [0.2, 0.25) is 0 Å². The van der Waals surface area contributed by atoms with Crippen molar-refractivity contribution >= 4 is 17.6 Å². The maximum Gasteiger partial charge on any atom is 0.333 e. The normalized spacial score (nSPS) is 19.6. The van der Waals surface area contributed by atoms with E-state index in [2.05, 4.69) is 11.8 Å². The Morgan fingerprint density at radius 1 is 1.38 bits per heavy atom. The number of benzene rings is 1. The molecule has 0 amide bonds. The molecule has 0 bridgehead atoms. The summed E-state index contributed by atoms with van der Waals surface area (Å²) in [5, 5.41) is 9.77. The van der Waals surface area contributed by atoms with Crippen molar-refractivity contribution in [3.63, 3.8) is 0 Å². The van der Waals surface area contributed by atoms with Gasteiger partial charge < -0.3 is 24.1 Å². The summed E-state index contributed by atoms with van der Waals surface area (Å²) in [6, 6.07) is 5.23. The average Bonchev–Trinajstić information content (AvgIpc) is 2.80. The van der Waals surface area contributed by atoms with Crippen molar-refractivity contribution in [3.8, 4) is 17.6 Å². The molecule has 2 rings (SSSR count). The number of halogens is 1. The van der Waals surface area contributed by atoms with Crippen molar-refractivity contribution in [3.05, 3.63) is 64.9 Å². The molecule has 0 saturated heterocycles. The van der Waals surface area contributed by atoms with Crippen molar-refractivity contribution in [1.82, 2.24) is 0 Å². The van der Waals surface area contributed by atoms with Crippen LogP contribution in [0.1, 0.15) is 31.7 Å². The van der Waals surface area contributed by atoms with E-state index in [1.165, 1.54) is 0 Å². The van der Waals surface area contributed by atoms with Crippen LogP contribution < -0.4 is 4.74 Å². The predicted octanol–water partition coefficient (Wildman–Crippen LogP) is 4.75. The van der Waals surface area contributed by atoms with E-state index in [9.17, 15) is 9.90 Å². The predicted molar refractivity (Wildman–Crippen MR) is 124 cm³/mol. The van der Waals surface area contributed by atoms with Crippen LogP contribution in [0.4, 0.5) is 0 Å². The number of aliphatic carboxylic acids is 1. The van der Waals surface area contributed by atoms with Gasteiger partial charge in [0.1, 0.15) is 12.4 Å². The second-order valence-electron chi connectivity index (χ2n) is 7.14. The third-order valence-corrected chi connectivity index (χ3v) is 5.35. The molecule has 172 valence electrons. The topological polar surface area (TPSA) is 74.2 Å². The first-order valence-corrected chi connectivity index (χ1v) is 10.7. The fraction of sp³-hybridized carbons (Fsp3) is 0.400. The number of rotatable bonds is 10. The lowest BCUT2D eigenvalue weighted by atomic mass is 9.94. The summed E-state index contributed by atoms with van der Waals surface area (Å²) in [5.74, 6) is 6.03. The maximum atomic E-state index is 11.4. The lowest BCUT2D eigenvalue weighted by Crippen LogP contribution is -2.29. The maximum absolute atomic E-state index is 11.4. The van der Waals surface area contributed by atoms with Gasteiger partial charge in [-0.2, -0.15) is 0 Å². The van der Waals surface area contributed by atoms with Crippen LogP contribution in [-0.4, -0.2) is 50.2 Å². The van der Waals surface area contributed by atoms with Gasteiger partial charge in [-0.05, 0) is 48.9 Å². The van der Waals surface area contributed by atoms with Crippen LogP contribution in [0.5, 0.6) is 5.75 Å². The van der Waals surface area contributed by atoms with Crippen LogP contribution in [0.3, 0.4) is 0 Å². The second-order valence-corrected chi connectivity index (χ2v) is 7.55. The highest BCUT2D eigenvalue weighted by Crippen LogP contribution is 2.31. The second kappa shape index (κ2) is 12.4. The highest BCUT2D eigenvalue weighted by atomic mass is 35.5. The molecule has 32 heavy (non-hydrogen) atoms. The van der Waals surface area contributed by atoms with Gasteiger partial charge in [-0.1, -0.05) is 42.5 Å². The fourth-order valence-electron chi connectivity index (χ4n) is 3.21. The summed E-state index contributed by atoms with van der Waals surface area (Å²) in [7, 11) is 3.24. The number of allylic oxidation sites excluding steroid dienone is 3. The van der Waals surface area contributed by atoms with Gasteiger partial charge in [0.15, 0.2) is 11.7 Å². The molecule has 0 radical (unpaired) electrons. The molecule has 1 aliphatic rings. The SMILES string of the molecule is CCO[C@H](C(=O)O)C(C)c1ccc(OCC=CC#CC2(OC)C=CC=C(OC)C2)c(Cl)c1. The van der Waals surface area contributed by atoms with Crippen LogP contribution in [0.15, 0.2) is 54.3 Å². The van der Waals surface area contributed by atoms with E-state index in [1.54, 1.807) is 58.4 Å². The van der Waals surface area contributed by atoms with Gasteiger partial charge in [-0.3, -0.25) is 0 Å². The average molecular weight is 461 g/mol. The van der Waals surface area contributed by atoms with E-state index in [0.717, 1.165) is 11.3 Å². The largest absolute Gasteiger partial charge is 0.501 e. The van der Waals surface area contributed by atoms with Crippen LogP contribution in [0.2, 0.25) is 5.02 Å². The molecule has 1 aromatic carbocycles. The lowest BCUT2D eigenvalue weighted by Gasteiger charge is -2.26. The molecule has 3 atom stereocenters. The first-order chi connectivity index (χ1) is 15.4. The molecule has 1 N–H and O–H groups in total. The monoisotopic (exact) mass is 460 g/mol. The Balaban J connectivity index is 1.96. The van der Waals surface area contributed by atoms with E-state index >= 15 is 0 Å². The Bertz CT molecular complexity index is 939. The molecule has 0 aromatic heterocycles. The molecule has 1 aromatic rings. The summed E-state index contributed by atoms with van der Waals surface area (Å²) < 4.78 is 21.9. The molecular formula is C25H29ClO6. The fourth-order valence-corrected chi connectivity index (χ4v) is 3.46. The zero-order chi connectivity index (χ0) is 23.6. The minimum atomic E-state index is -1.00. The summed E-state index contributed by atoms with van der Waals surface area (Å²) in [4.78, 5) is 11.4. The van der Waals surface area contributed by atoms with Gasteiger partial charge in [0.05, 0.1) is 17.9 Å². The minimum absolute atomic E-state index is 0.277. The Kier molecular flexibility index (Phi) is 9.86. The van der Waals surface area contributed by atoms with Crippen molar-refractivity contribution in [2.45, 2.75) is 37.9 Å². The summed E-state index contributed by atoms with van der Waals surface area (Å²) in [6.07, 6.45) is 8.73. The standard InChI is InChI=1S/C25H29ClO6/c1-5-31-23(24(27)28)18(2)19-11-12-22(21(26)16-19)32-15-8-6-7-13-25(30-4)14-9-10-20(17-25)29-3/h6,8-12,14,16,18,23H,5,15,17H2,1-4H3,(H,27,28)/t18?,23-,25?/m0/s1. The van der Waals surface area contributed by atoms with Gasteiger partial charge in [0.25, 0.3) is 0 Å². The quantitative estimate of drug-likeness (QED) is 0.508. The Labute approximate surface area is 194 Å². The highest BCUT2D eigenvalue weighted by molar-refractivity contribution is 6.32. The van der Waals surface area contributed by atoms with Crippen molar-refractivity contribution in [1.29, 1.82) is 0 Å². The number of hydrogen-bond donors (Lipinski definition) is 1. The molecule has 1 aliphatic carbocycles. The number of carboxylic acids is 1. The van der Waals surface area contributed by atoms with Gasteiger partial charge in [-0.25, -0.2) is 4.79 Å². The summed E-state index contributed by atoms with van der Waals surface area (Å²) in [5.41, 5.74) is 0.0515. The molecule has 0 heterocycles. The van der Waals surface area contributed by atoms with Crippen LogP contribution in [0.25, 0.3) is 0 Å². The Morgan fingerprint density at radius 2 is 2.16 bits per heavy atom. The van der Waals surface area contributed by atoms with E-state index in [1.807, 2.05) is 18.2 Å². The van der Waals surface area contributed by atoms with Crippen LogP contribution in [0, 0.1) is 11.8 Å². The van der Waals surface area contributed by atoms with Gasteiger partial charge in [-0.15, -0.1) is 0 Å². The van der Waals surface area contributed by atoms with E-state index in [-0.39, 0.29) is 12.5 Å². The van der Waals surface area contributed by atoms with Gasteiger partial charge >= 0.3 is 5.97 Å². The minimum Gasteiger partial charge on any atom is -0.501 e. The number of carboxylic acid groups (broad SMARTS) is 1. The number of hydrogen-bond acceptors (Lipinski definition) is 5. The molecule has 0 saturated carbocycles.